The first-order chi connectivity index (χ1) is 16.6. The first-order valence-corrected chi connectivity index (χ1v) is 12.2. The molecule has 1 N–H and O–H groups in total. The second kappa shape index (κ2) is 11.0. The molecule has 1 aromatic heterocycles. The molecule has 0 spiro atoms. The maximum Gasteiger partial charge on any atom is 0.266 e. The van der Waals surface area contributed by atoms with Gasteiger partial charge in [-0.2, -0.15) is 0 Å². The molecule has 0 aliphatic rings. The van der Waals surface area contributed by atoms with E-state index in [2.05, 4.69) is 5.32 Å². The van der Waals surface area contributed by atoms with Gasteiger partial charge in [0.05, 0.1) is 28.4 Å². The van der Waals surface area contributed by atoms with E-state index in [0.717, 1.165) is 11.3 Å². The van der Waals surface area contributed by atoms with Gasteiger partial charge < -0.3 is 10.1 Å². The van der Waals surface area contributed by atoms with Crippen molar-refractivity contribution in [2.45, 2.75) is 37.2 Å². The SMILES string of the molecule is CCOc1ccc(-n2c(SC(CC)C(=O)NCc3ccccc3)nc3ccccc3c2=O)cc1. The number of nitrogens with zero attached hydrogens (tertiary/aromatic N) is 2. The molecule has 1 atom stereocenters. The van der Waals surface area contributed by atoms with Gasteiger partial charge in [-0.1, -0.05) is 61.2 Å². The van der Waals surface area contributed by atoms with Crippen molar-refractivity contribution in [1.29, 1.82) is 0 Å². The lowest BCUT2D eigenvalue weighted by molar-refractivity contribution is -0.120. The number of nitrogens with one attached hydrogen (secondary N) is 1. The predicted molar refractivity (Wildman–Crippen MR) is 137 cm³/mol. The van der Waals surface area contributed by atoms with Gasteiger partial charge in [0, 0.05) is 6.54 Å². The third kappa shape index (κ3) is 5.31. The summed E-state index contributed by atoms with van der Waals surface area (Å²) in [5.74, 6) is 0.644. The second-order valence-electron chi connectivity index (χ2n) is 7.70. The largest absolute Gasteiger partial charge is 0.494 e. The Hall–Kier alpha value is -3.58. The van der Waals surface area contributed by atoms with E-state index in [9.17, 15) is 9.59 Å². The van der Waals surface area contributed by atoms with Gasteiger partial charge in [-0.05, 0) is 55.3 Å². The Morgan fingerprint density at radius 1 is 1.00 bits per heavy atom. The number of aromatic nitrogens is 2. The Balaban J connectivity index is 1.67. The van der Waals surface area contributed by atoms with Gasteiger partial charge in [-0.3, -0.25) is 14.2 Å². The van der Waals surface area contributed by atoms with Gasteiger partial charge in [0.15, 0.2) is 5.16 Å². The highest BCUT2D eigenvalue weighted by Gasteiger charge is 2.22. The summed E-state index contributed by atoms with van der Waals surface area (Å²) in [6.07, 6.45) is 0.595. The molecule has 34 heavy (non-hydrogen) atoms. The fourth-order valence-corrected chi connectivity index (χ4v) is 4.68. The molecule has 1 amide bonds. The van der Waals surface area contributed by atoms with Crippen molar-refractivity contribution in [2.24, 2.45) is 0 Å². The van der Waals surface area contributed by atoms with Crippen molar-refractivity contribution < 1.29 is 9.53 Å². The van der Waals surface area contributed by atoms with Crippen LogP contribution in [0.5, 0.6) is 5.75 Å². The van der Waals surface area contributed by atoms with Gasteiger partial charge in [0.25, 0.3) is 5.56 Å². The molecule has 0 fully saturated rings. The van der Waals surface area contributed by atoms with Crippen molar-refractivity contribution in [3.05, 3.63) is 94.8 Å². The molecule has 3 aromatic carbocycles. The van der Waals surface area contributed by atoms with E-state index in [1.54, 1.807) is 10.6 Å². The number of hydrogen-bond acceptors (Lipinski definition) is 5. The minimum atomic E-state index is -0.397. The minimum absolute atomic E-state index is 0.0861. The van der Waals surface area contributed by atoms with Crippen LogP contribution >= 0.6 is 11.8 Å². The van der Waals surface area contributed by atoms with Crippen molar-refractivity contribution in [1.82, 2.24) is 14.9 Å². The summed E-state index contributed by atoms with van der Waals surface area (Å²) >= 11 is 1.31. The number of amides is 1. The maximum atomic E-state index is 13.5. The zero-order chi connectivity index (χ0) is 23.9. The Kier molecular flexibility index (Phi) is 7.65. The number of fused-ring (bicyclic) bond motifs is 1. The summed E-state index contributed by atoms with van der Waals surface area (Å²) in [6.45, 7) is 4.90. The average molecular weight is 474 g/mol. The highest BCUT2D eigenvalue weighted by molar-refractivity contribution is 8.00. The molecule has 0 aliphatic heterocycles. The normalized spacial score (nSPS) is 11.8. The summed E-state index contributed by atoms with van der Waals surface area (Å²) in [4.78, 5) is 31.3. The average Bonchev–Trinajstić information content (AvgIpc) is 2.87. The molecule has 7 heteroatoms. The second-order valence-corrected chi connectivity index (χ2v) is 8.87. The van der Waals surface area contributed by atoms with Crippen molar-refractivity contribution in [3.8, 4) is 11.4 Å². The highest BCUT2D eigenvalue weighted by Crippen LogP contribution is 2.27. The van der Waals surface area contributed by atoms with Crippen LogP contribution in [0.15, 0.2) is 88.8 Å². The van der Waals surface area contributed by atoms with Crippen LogP contribution < -0.4 is 15.6 Å². The van der Waals surface area contributed by atoms with Gasteiger partial charge >= 0.3 is 0 Å². The Bertz CT molecular complexity index is 1320. The lowest BCUT2D eigenvalue weighted by Crippen LogP contribution is -2.33. The molecule has 0 aliphatic carbocycles. The van der Waals surface area contributed by atoms with Crippen LogP contribution in [0.2, 0.25) is 0 Å². The van der Waals surface area contributed by atoms with E-state index in [0.29, 0.717) is 41.3 Å². The maximum absolute atomic E-state index is 13.5. The highest BCUT2D eigenvalue weighted by atomic mass is 32.2. The van der Waals surface area contributed by atoms with Gasteiger partial charge in [0.1, 0.15) is 5.75 Å². The number of carbonyl (C=O) groups is 1. The zero-order valence-electron chi connectivity index (χ0n) is 19.2. The van der Waals surface area contributed by atoms with Gasteiger partial charge in [0.2, 0.25) is 5.91 Å². The molecule has 1 heterocycles. The number of hydrogen-bond donors (Lipinski definition) is 1. The lowest BCUT2D eigenvalue weighted by Gasteiger charge is -2.18. The molecule has 0 bridgehead atoms. The number of thioether (sulfide) groups is 1. The molecule has 6 nitrogen and oxygen atoms in total. The molecule has 4 aromatic rings. The van der Waals surface area contributed by atoms with Crippen LogP contribution in [-0.4, -0.2) is 27.3 Å². The standard InChI is InChI=1S/C27H27N3O3S/c1-3-24(25(31)28-18-19-10-6-5-7-11-19)34-27-29-23-13-9-8-12-22(23)26(32)30(27)20-14-16-21(17-15-20)33-4-2/h5-17,24H,3-4,18H2,1-2H3,(H,28,31). The first-order valence-electron chi connectivity index (χ1n) is 11.3. The molecular formula is C27H27N3O3S. The zero-order valence-corrected chi connectivity index (χ0v) is 20.0. The summed E-state index contributed by atoms with van der Waals surface area (Å²) in [6, 6.07) is 24.4. The molecule has 1 unspecified atom stereocenters. The van der Waals surface area contributed by atoms with Crippen molar-refractivity contribution in [2.75, 3.05) is 6.61 Å². The third-order valence-electron chi connectivity index (χ3n) is 5.37. The Labute approximate surface area is 203 Å². The molecule has 0 radical (unpaired) electrons. The van der Waals surface area contributed by atoms with Gasteiger partial charge in [-0.25, -0.2) is 4.98 Å². The molecule has 174 valence electrons. The number of carbonyl (C=O) groups excluding carboxylic acids is 1. The molecule has 4 rings (SSSR count). The summed E-state index contributed by atoms with van der Waals surface area (Å²) in [5, 5.41) is 3.62. The fourth-order valence-electron chi connectivity index (χ4n) is 3.63. The van der Waals surface area contributed by atoms with Crippen LogP contribution in [0, 0.1) is 0 Å². The van der Waals surface area contributed by atoms with E-state index < -0.39 is 5.25 Å². The van der Waals surface area contributed by atoms with E-state index in [4.69, 9.17) is 9.72 Å². The van der Waals surface area contributed by atoms with Crippen LogP contribution in [0.4, 0.5) is 0 Å². The first kappa shape index (κ1) is 23.6. The van der Waals surface area contributed by atoms with Gasteiger partial charge in [-0.15, -0.1) is 0 Å². The smallest absolute Gasteiger partial charge is 0.266 e. The molecule has 0 saturated carbocycles. The quantitative estimate of drug-likeness (QED) is 0.274. The lowest BCUT2D eigenvalue weighted by atomic mass is 10.2. The Morgan fingerprint density at radius 3 is 2.41 bits per heavy atom. The van der Waals surface area contributed by atoms with Crippen LogP contribution in [0.3, 0.4) is 0 Å². The van der Waals surface area contributed by atoms with Crippen LogP contribution in [-0.2, 0) is 11.3 Å². The van der Waals surface area contributed by atoms with E-state index >= 15 is 0 Å². The van der Waals surface area contributed by atoms with Crippen LogP contribution in [0.25, 0.3) is 16.6 Å². The summed E-state index contributed by atoms with van der Waals surface area (Å²) < 4.78 is 7.12. The number of rotatable bonds is 9. The summed E-state index contributed by atoms with van der Waals surface area (Å²) in [7, 11) is 0. The van der Waals surface area contributed by atoms with Crippen LogP contribution in [0.1, 0.15) is 25.8 Å². The summed E-state index contributed by atoms with van der Waals surface area (Å²) in [5.41, 5.74) is 2.15. The third-order valence-corrected chi connectivity index (χ3v) is 6.69. The minimum Gasteiger partial charge on any atom is -0.494 e. The fraction of sp³-hybridized carbons (Fsp3) is 0.222. The number of para-hydroxylation sites is 1. The van der Waals surface area contributed by atoms with E-state index in [-0.39, 0.29) is 11.5 Å². The number of ether oxygens (including phenoxy) is 1. The monoisotopic (exact) mass is 473 g/mol. The topological polar surface area (TPSA) is 73.2 Å². The van der Waals surface area contributed by atoms with E-state index in [1.807, 2.05) is 86.6 Å². The van der Waals surface area contributed by atoms with Crippen molar-refractivity contribution >= 4 is 28.6 Å². The Morgan fingerprint density at radius 2 is 1.71 bits per heavy atom. The molecule has 0 saturated heterocycles. The molecular weight excluding hydrogens is 446 g/mol. The van der Waals surface area contributed by atoms with E-state index in [1.165, 1.54) is 11.8 Å². The number of benzene rings is 3. The predicted octanol–water partition coefficient (Wildman–Crippen LogP) is 4.97. The van der Waals surface area contributed by atoms with Crippen molar-refractivity contribution in [3.63, 3.8) is 0 Å².